The molecule has 2 nitrogen and oxygen atoms in total. The van der Waals surface area contributed by atoms with Gasteiger partial charge in [-0.2, -0.15) is 0 Å². The van der Waals surface area contributed by atoms with Gasteiger partial charge in [0.05, 0.1) is 0 Å². The molecule has 0 aromatic heterocycles. The molecule has 0 atom stereocenters. The van der Waals surface area contributed by atoms with E-state index in [9.17, 15) is 4.79 Å². The average Bonchev–Trinajstić information content (AvgIpc) is 2.14. The highest BCUT2D eigenvalue weighted by atomic mass is 16.4. The molecule has 1 aromatic carbocycles. The number of hydrogen-bond acceptors (Lipinski definition) is 1. The van der Waals surface area contributed by atoms with Gasteiger partial charge in [0, 0.05) is 6.08 Å². The number of carbonyl (C=O) groups is 1. The summed E-state index contributed by atoms with van der Waals surface area (Å²) in [6.45, 7) is 0. The van der Waals surface area contributed by atoms with Crippen LogP contribution in [0.4, 0.5) is 0 Å². The Balaban J connectivity index is 2.25. The van der Waals surface area contributed by atoms with Crippen molar-refractivity contribution < 1.29 is 9.90 Å². The van der Waals surface area contributed by atoms with Crippen LogP contribution in [0.25, 0.3) is 6.08 Å². The van der Waals surface area contributed by atoms with Crippen molar-refractivity contribution in [3.8, 4) is 0 Å². The van der Waals surface area contributed by atoms with Crippen molar-refractivity contribution >= 4 is 12.0 Å². The Morgan fingerprint density at radius 2 is 2.07 bits per heavy atom. The average molecular weight is 202 g/mol. The molecule has 0 spiro atoms. The molecule has 1 aliphatic carbocycles. The second kappa shape index (κ2) is 4.30. The molecule has 0 saturated heterocycles. The van der Waals surface area contributed by atoms with Gasteiger partial charge in [-0.15, -0.1) is 0 Å². The van der Waals surface area contributed by atoms with Crippen molar-refractivity contribution in [2.75, 3.05) is 0 Å². The lowest BCUT2D eigenvalue weighted by atomic mass is 9.78. The molecular formula is C13H14O2. The highest BCUT2D eigenvalue weighted by molar-refractivity contribution is 5.85. The number of benzene rings is 1. The monoisotopic (exact) mass is 202 g/mol. The smallest absolute Gasteiger partial charge is 0.328 e. The van der Waals surface area contributed by atoms with Crippen molar-refractivity contribution in [2.24, 2.45) is 0 Å². The van der Waals surface area contributed by atoms with Crippen molar-refractivity contribution in [1.29, 1.82) is 0 Å². The third kappa shape index (κ3) is 2.27. The molecule has 0 radical (unpaired) electrons. The summed E-state index contributed by atoms with van der Waals surface area (Å²) in [5, 5.41) is 8.59. The van der Waals surface area contributed by atoms with Gasteiger partial charge >= 0.3 is 5.97 Å². The van der Waals surface area contributed by atoms with Gasteiger partial charge in [-0.25, -0.2) is 4.79 Å². The van der Waals surface area contributed by atoms with Gasteiger partial charge in [0.1, 0.15) is 0 Å². The van der Waals surface area contributed by atoms with E-state index in [1.165, 1.54) is 30.9 Å². The SMILES string of the molecule is O=C(O)/C=C/c1ccccc1C1CCC1. The Kier molecular flexibility index (Phi) is 2.86. The van der Waals surface area contributed by atoms with Crippen LogP contribution < -0.4 is 0 Å². The molecule has 1 saturated carbocycles. The fraction of sp³-hybridized carbons (Fsp3) is 0.308. The predicted molar refractivity (Wildman–Crippen MR) is 59.7 cm³/mol. The molecule has 0 bridgehead atoms. The number of carboxylic acids is 1. The Bertz CT molecular complexity index is 389. The maximum Gasteiger partial charge on any atom is 0.328 e. The lowest BCUT2D eigenvalue weighted by Gasteiger charge is -2.27. The largest absolute Gasteiger partial charge is 0.478 e. The zero-order chi connectivity index (χ0) is 10.7. The van der Waals surface area contributed by atoms with Crippen LogP contribution in [0.5, 0.6) is 0 Å². The van der Waals surface area contributed by atoms with Crippen molar-refractivity contribution in [1.82, 2.24) is 0 Å². The first kappa shape index (κ1) is 9.97. The van der Waals surface area contributed by atoms with E-state index in [4.69, 9.17) is 5.11 Å². The summed E-state index contributed by atoms with van der Waals surface area (Å²) in [6, 6.07) is 8.05. The molecule has 0 heterocycles. The zero-order valence-electron chi connectivity index (χ0n) is 8.52. The lowest BCUT2D eigenvalue weighted by Crippen LogP contribution is -2.09. The quantitative estimate of drug-likeness (QED) is 0.765. The molecule has 1 aromatic rings. The van der Waals surface area contributed by atoms with E-state index in [0.29, 0.717) is 5.92 Å². The lowest BCUT2D eigenvalue weighted by molar-refractivity contribution is -0.131. The molecule has 1 N–H and O–H groups in total. The molecule has 0 aliphatic heterocycles. The Hall–Kier alpha value is -1.57. The highest BCUT2D eigenvalue weighted by Crippen LogP contribution is 2.38. The topological polar surface area (TPSA) is 37.3 Å². The Labute approximate surface area is 89.2 Å². The van der Waals surface area contributed by atoms with E-state index in [1.54, 1.807) is 6.08 Å². The van der Waals surface area contributed by atoms with Gasteiger partial charge in [0.15, 0.2) is 0 Å². The zero-order valence-corrected chi connectivity index (χ0v) is 8.52. The van der Waals surface area contributed by atoms with Gasteiger partial charge in [0.2, 0.25) is 0 Å². The van der Waals surface area contributed by atoms with Crippen LogP contribution in [0, 0.1) is 0 Å². The van der Waals surface area contributed by atoms with E-state index in [1.807, 2.05) is 18.2 Å². The van der Waals surface area contributed by atoms with Gasteiger partial charge < -0.3 is 5.11 Å². The molecule has 0 unspecified atom stereocenters. The minimum Gasteiger partial charge on any atom is -0.478 e. The fourth-order valence-electron chi connectivity index (χ4n) is 1.91. The maximum atomic E-state index is 10.5. The van der Waals surface area contributed by atoms with Crippen LogP contribution in [0.3, 0.4) is 0 Å². The van der Waals surface area contributed by atoms with Crippen LogP contribution in [-0.2, 0) is 4.79 Å². The van der Waals surface area contributed by atoms with Gasteiger partial charge in [-0.1, -0.05) is 30.7 Å². The van der Waals surface area contributed by atoms with E-state index in [2.05, 4.69) is 6.07 Å². The molecule has 15 heavy (non-hydrogen) atoms. The first-order valence-corrected chi connectivity index (χ1v) is 5.27. The van der Waals surface area contributed by atoms with E-state index >= 15 is 0 Å². The minimum atomic E-state index is -0.890. The van der Waals surface area contributed by atoms with Crippen LogP contribution in [0.2, 0.25) is 0 Å². The number of aliphatic carboxylic acids is 1. The maximum absolute atomic E-state index is 10.5. The first-order chi connectivity index (χ1) is 7.27. The van der Waals surface area contributed by atoms with Gasteiger partial charge in [-0.3, -0.25) is 0 Å². The first-order valence-electron chi connectivity index (χ1n) is 5.27. The van der Waals surface area contributed by atoms with E-state index in [0.717, 1.165) is 5.56 Å². The second-order valence-electron chi connectivity index (χ2n) is 3.93. The number of rotatable bonds is 3. The molecule has 2 heteroatoms. The third-order valence-corrected chi connectivity index (χ3v) is 2.95. The summed E-state index contributed by atoms with van der Waals surface area (Å²) in [6.07, 6.45) is 6.66. The molecular weight excluding hydrogens is 188 g/mol. The van der Waals surface area contributed by atoms with Crippen LogP contribution >= 0.6 is 0 Å². The fourth-order valence-corrected chi connectivity index (χ4v) is 1.91. The van der Waals surface area contributed by atoms with Crippen molar-refractivity contribution in [2.45, 2.75) is 25.2 Å². The molecule has 0 amide bonds. The molecule has 78 valence electrons. The summed E-state index contributed by atoms with van der Waals surface area (Å²) in [7, 11) is 0. The molecule has 2 rings (SSSR count). The highest BCUT2D eigenvalue weighted by Gasteiger charge is 2.20. The van der Waals surface area contributed by atoms with Crippen LogP contribution in [-0.4, -0.2) is 11.1 Å². The van der Waals surface area contributed by atoms with Gasteiger partial charge in [0.25, 0.3) is 0 Å². The molecule has 1 aliphatic rings. The van der Waals surface area contributed by atoms with Gasteiger partial charge in [-0.05, 0) is 36.0 Å². The van der Waals surface area contributed by atoms with Crippen molar-refractivity contribution in [3.63, 3.8) is 0 Å². The summed E-state index contributed by atoms with van der Waals surface area (Å²) in [5.41, 5.74) is 2.34. The van der Waals surface area contributed by atoms with Crippen molar-refractivity contribution in [3.05, 3.63) is 41.5 Å². The summed E-state index contributed by atoms with van der Waals surface area (Å²) in [5.74, 6) is -0.252. The molecule has 1 fully saturated rings. The standard InChI is InChI=1S/C13H14O2/c14-13(15)9-8-11-4-1-2-7-12(11)10-5-3-6-10/h1-2,4,7-10H,3,5-6H2,(H,14,15)/b9-8+. The summed E-state index contributed by atoms with van der Waals surface area (Å²) >= 11 is 0. The minimum absolute atomic E-state index is 0.639. The summed E-state index contributed by atoms with van der Waals surface area (Å²) in [4.78, 5) is 10.5. The van der Waals surface area contributed by atoms with Crippen LogP contribution in [0.15, 0.2) is 30.3 Å². The third-order valence-electron chi connectivity index (χ3n) is 2.95. The predicted octanol–water partition coefficient (Wildman–Crippen LogP) is 3.05. The second-order valence-corrected chi connectivity index (χ2v) is 3.93. The normalized spacial score (nSPS) is 16.5. The Morgan fingerprint density at radius 1 is 1.33 bits per heavy atom. The van der Waals surface area contributed by atoms with E-state index < -0.39 is 5.97 Å². The van der Waals surface area contributed by atoms with E-state index in [-0.39, 0.29) is 0 Å². The number of carboxylic acid groups (broad SMARTS) is 1. The number of hydrogen-bond donors (Lipinski definition) is 1. The summed E-state index contributed by atoms with van der Waals surface area (Å²) < 4.78 is 0. The van der Waals surface area contributed by atoms with Crippen LogP contribution in [0.1, 0.15) is 36.3 Å². The Morgan fingerprint density at radius 3 is 2.67 bits per heavy atom.